The molecule has 3 aromatic heterocycles. The third-order valence-electron chi connectivity index (χ3n) is 4.36. The molecule has 1 N–H and O–H groups in total. The largest absolute Gasteiger partial charge is 0.324 e. The van der Waals surface area contributed by atoms with Crippen LogP contribution < -0.4 is 5.32 Å². The average molecular weight is 383 g/mol. The Morgan fingerprint density at radius 2 is 1.79 bits per heavy atom. The molecule has 0 saturated heterocycles. The minimum Gasteiger partial charge on any atom is -0.324 e. The predicted octanol–water partition coefficient (Wildman–Crippen LogP) is 4.16. The van der Waals surface area contributed by atoms with E-state index in [0.717, 1.165) is 16.8 Å². The fourth-order valence-electron chi connectivity index (χ4n) is 3.01. The molecule has 0 spiro atoms. The molecule has 0 atom stereocenters. The van der Waals surface area contributed by atoms with E-state index < -0.39 is 0 Å². The van der Waals surface area contributed by atoms with Crippen molar-refractivity contribution >= 4 is 22.8 Å². The average Bonchev–Trinajstić information content (AvgIpc) is 3.18. The lowest BCUT2D eigenvalue weighted by molar-refractivity contribution is 0.625. The molecule has 5 aromatic rings. The highest BCUT2D eigenvalue weighted by atomic mass is 19.1. The summed E-state index contributed by atoms with van der Waals surface area (Å²) >= 11 is 0. The maximum atomic E-state index is 13.6. The number of fused-ring (bicyclic) bond motifs is 1. The van der Waals surface area contributed by atoms with Gasteiger partial charge in [0.05, 0.1) is 11.9 Å². The molecule has 0 aliphatic carbocycles. The van der Waals surface area contributed by atoms with Gasteiger partial charge in [0.1, 0.15) is 5.82 Å². The third-order valence-corrected chi connectivity index (χ3v) is 4.36. The Morgan fingerprint density at radius 1 is 0.897 bits per heavy atom. The number of rotatable bonds is 4. The van der Waals surface area contributed by atoms with Gasteiger partial charge in [0.25, 0.3) is 0 Å². The first-order valence-corrected chi connectivity index (χ1v) is 8.88. The summed E-state index contributed by atoms with van der Waals surface area (Å²) in [4.78, 5) is 13.0. The number of aromatic nitrogens is 6. The number of hydrogen-bond acceptors (Lipinski definition) is 6. The van der Waals surface area contributed by atoms with E-state index in [9.17, 15) is 4.39 Å². The van der Waals surface area contributed by atoms with Gasteiger partial charge in [0, 0.05) is 23.6 Å². The predicted molar refractivity (Wildman–Crippen MR) is 107 cm³/mol. The Kier molecular flexibility index (Phi) is 4.14. The zero-order valence-electron chi connectivity index (χ0n) is 15.1. The molecule has 0 unspecified atom stereocenters. The first kappa shape index (κ1) is 16.9. The van der Waals surface area contributed by atoms with E-state index in [1.54, 1.807) is 24.5 Å². The lowest BCUT2D eigenvalue weighted by Crippen LogP contribution is -2.01. The van der Waals surface area contributed by atoms with Gasteiger partial charge in [-0.2, -0.15) is 9.67 Å². The molecular weight excluding hydrogens is 369 g/mol. The maximum absolute atomic E-state index is 13.6. The van der Waals surface area contributed by atoms with Crippen LogP contribution >= 0.6 is 0 Å². The summed E-state index contributed by atoms with van der Waals surface area (Å²) in [6, 6.07) is 17.9. The summed E-state index contributed by atoms with van der Waals surface area (Å²) in [6.45, 7) is 0. The second kappa shape index (κ2) is 7.08. The molecule has 0 amide bonds. The molecule has 0 bridgehead atoms. The van der Waals surface area contributed by atoms with Crippen molar-refractivity contribution in [2.45, 2.75) is 0 Å². The molecule has 29 heavy (non-hydrogen) atoms. The van der Waals surface area contributed by atoms with Gasteiger partial charge in [-0.3, -0.25) is 4.98 Å². The van der Waals surface area contributed by atoms with Gasteiger partial charge in [0.15, 0.2) is 11.2 Å². The first-order valence-electron chi connectivity index (χ1n) is 8.88. The number of halogens is 1. The van der Waals surface area contributed by atoms with Gasteiger partial charge in [-0.1, -0.05) is 29.5 Å². The lowest BCUT2D eigenvalue weighted by atomic mass is 10.1. The monoisotopic (exact) mass is 383 g/mol. The Balaban J connectivity index is 1.49. The van der Waals surface area contributed by atoms with Crippen LogP contribution in [-0.2, 0) is 0 Å². The summed E-state index contributed by atoms with van der Waals surface area (Å²) in [5.41, 5.74) is 4.41. The molecule has 0 fully saturated rings. The van der Waals surface area contributed by atoms with Crippen molar-refractivity contribution in [1.82, 2.24) is 29.9 Å². The van der Waals surface area contributed by atoms with Crippen molar-refractivity contribution in [3.8, 4) is 16.8 Å². The molecule has 0 saturated carbocycles. The van der Waals surface area contributed by atoms with Crippen LogP contribution in [0.2, 0.25) is 0 Å². The van der Waals surface area contributed by atoms with E-state index in [1.807, 2.05) is 42.6 Å². The standard InChI is InChI=1S/C21H14FN7/c22-16-6-2-8-18(11-16)29-20-19(27-28-29)13-24-21(26-20)25-17-7-1-4-14(10-17)15-5-3-9-23-12-15/h1-13H,(H,24,25,26). The fraction of sp³-hybridized carbons (Fsp3) is 0. The minimum atomic E-state index is -0.356. The summed E-state index contributed by atoms with van der Waals surface area (Å²) in [6.07, 6.45) is 5.13. The van der Waals surface area contributed by atoms with Crippen molar-refractivity contribution in [1.29, 1.82) is 0 Å². The van der Waals surface area contributed by atoms with Crippen molar-refractivity contribution in [2.24, 2.45) is 0 Å². The van der Waals surface area contributed by atoms with Crippen LogP contribution in [0.15, 0.2) is 79.3 Å². The minimum absolute atomic E-state index is 0.356. The normalized spacial score (nSPS) is 10.9. The van der Waals surface area contributed by atoms with Gasteiger partial charge in [0.2, 0.25) is 5.95 Å². The highest BCUT2D eigenvalue weighted by Crippen LogP contribution is 2.24. The van der Waals surface area contributed by atoms with E-state index in [1.165, 1.54) is 16.8 Å². The lowest BCUT2D eigenvalue weighted by Gasteiger charge is -2.08. The molecular formula is C21H14FN7. The van der Waals surface area contributed by atoms with Crippen LogP contribution in [0.5, 0.6) is 0 Å². The molecule has 8 heteroatoms. The van der Waals surface area contributed by atoms with Gasteiger partial charge in [-0.05, 0) is 42.0 Å². The van der Waals surface area contributed by atoms with E-state index in [-0.39, 0.29) is 5.82 Å². The topological polar surface area (TPSA) is 81.4 Å². The van der Waals surface area contributed by atoms with Crippen LogP contribution in [0.3, 0.4) is 0 Å². The molecule has 3 heterocycles. The van der Waals surface area contributed by atoms with Crippen LogP contribution in [0.1, 0.15) is 0 Å². The van der Waals surface area contributed by atoms with E-state index in [0.29, 0.717) is 22.8 Å². The summed E-state index contributed by atoms with van der Waals surface area (Å²) in [7, 11) is 0. The highest BCUT2D eigenvalue weighted by Gasteiger charge is 2.11. The Bertz CT molecular complexity index is 1300. The number of anilines is 2. The quantitative estimate of drug-likeness (QED) is 0.502. The molecule has 0 aliphatic rings. The van der Waals surface area contributed by atoms with Crippen LogP contribution in [-0.4, -0.2) is 29.9 Å². The smallest absolute Gasteiger partial charge is 0.229 e. The fourth-order valence-corrected chi connectivity index (χ4v) is 3.01. The zero-order chi connectivity index (χ0) is 19.6. The van der Waals surface area contributed by atoms with Gasteiger partial charge in [-0.25, -0.2) is 9.37 Å². The molecule has 7 nitrogen and oxygen atoms in total. The molecule has 140 valence electrons. The van der Waals surface area contributed by atoms with Crippen molar-refractivity contribution in [3.63, 3.8) is 0 Å². The van der Waals surface area contributed by atoms with Crippen molar-refractivity contribution in [2.75, 3.05) is 5.32 Å². The Hall–Kier alpha value is -4.20. The van der Waals surface area contributed by atoms with Gasteiger partial charge in [-0.15, -0.1) is 5.10 Å². The second-order valence-electron chi connectivity index (χ2n) is 6.33. The van der Waals surface area contributed by atoms with Crippen molar-refractivity contribution in [3.05, 3.63) is 85.1 Å². The molecule has 2 aromatic carbocycles. The number of hydrogen-bond donors (Lipinski definition) is 1. The second-order valence-corrected chi connectivity index (χ2v) is 6.33. The Labute approximate surface area is 164 Å². The van der Waals surface area contributed by atoms with Gasteiger partial charge >= 0.3 is 0 Å². The third kappa shape index (κ3) is 3.39. The summed E-state index contributed by atoms with van der Waals surface area (Å²) in [5, 5.41) is 11.3. The number of pyridine rings is 1. The van der Waals surface area contributed by atoms with Crippen LogP contribution in [0, 0.1) is 5.82 Å². The molecule has 0 radical (unpaired) electrons. The molecule has 0 aliphatic heterocycles. The first-order chi connectivity index (χ1) is 14.3. The highest BCUT2D eigenvalue weighted by molar-refractivity contribution is 5.74. The number of nitrogens with zero attached hydrogens (tertiary/aromatic N) is 6. The van der Waals surface area contributed by atoms with E-state index >= 15 is 0 Å². The van der Waals surface area contributed by atoms with E-state index in [4.69, 9.17) is 0 Å². The van der Waals surface area contributed by atoms with Crippen molar-refractivity contribution < 1.29 is 4.39 Å². The number of benzene rings is 2. The van der Waals surface area contributed by atoms with Crippen LogP contribution in [0.4, 0.5) is 16.0 Å². The van der Waals surface area contributed by atoms with Gasteiger partial charge < -0.3 is 5.32 Å². The number of nitrogens with one attached hydrogen (secondary N) is 1. The zero-order valence-corrected chi connectivity index (χ0v) is 15.1. The van der Waals surface area contributed by atoms with Crippen LogP contribution in [0.25, 0.3) is 28.0 Å². The SMILES string of the molecule is Fc1cccc(-n2nnc3cnc(Nc4cccc(-c5cccnc5)c4)nc32)c1. The summed E-state index contributed by atoms with van der Waals surface area (Å²) in [5.74, 6) is 0.0339. The summed E-state index contributed by atoms with van der Waals surface area (Å²) < 4.78 is 15.1. The van der Waals surface area contributed by atoms with E-state index in [2.05, 4.69) is 30.6 Å². The Morgan fingerprint density at radius 3 is 2.66 bits per heavy atom. The maximum Gasteiger partial charge on any atom is 0.229 e. The molecule has 5 rings (SSSR count).